The molecule has 1 saturated heterocycles. The first-order chi connectivity index (χ1) is 9.14. The minimum atomic E-state index is -0.419. The Balaban J connectivity index is 1.96. The van der Waals surface area contributed by atoms with Gasteiger partial charge in [0.15, 0.2) is 0 Å². The van der Waals surface area contributed by atoms with E-state index < -0.39 is 7.12 Å². The van der Waals surface area contributed by atoms with E-state index in [0.717, 1.165) is 17.8 Å². The Morgan fingerprint density at radius 2 is 1.70 bits per heavy atom. The minimum Gasteiger partial charge on any atom is -0.478 e. The quantitative estimate of drug-likeness (QED) is 0.733. The van der Waals surface area contributed by atoms with Crippen LogP contribution in [-0.2, 0) is 14.8 Å². The summed E-state index contributed by atoms with van der Waals surface area (Å²) in [4.78, 5) is 0. The van der Waals surface area contributed by atoms with E-state index in [1.807, 2.05) is 38.6 Å². The molecule has 1 fully saturated rings. The van der Waals surface area contributed by atoms with Crippen molar-refractivity contribution in [2.45, 2.75) is 64.7 Å². The van der Waals surface area contributed by atoms with Crippen LogP contribution < -0.4 is 10.2 Å². The molecule has 20 heavy (non-hydrogen) atoms. The first-order valence-corrected chi connectivity index (χ1v) is 7.21. The number of hydrogen-bond donors (Lipinski definition) is 0. The summed E-state index contributed by atoms with van der Waals surface area (Å²) in [5.41, 5.74) is 0.152. The molecule has 1 aromatic heterocycles. The van der Waals surface area contributed by atoms with Crippen molar-refractivity contribution in [3.8, 4) is 5.88 Å². The molecule has 0 atom stereocenters. The fourth-order valence-corrected chi connectivity index (χ4v) is 2.56. The molecule has 0 bridgehead atoms. The zero-order valence-electron chi connectivity index (χ0n) is 13.2. The van der Waals surface area contributed by atoms with Gasteiger partial charge in [0.05, 0.1) is 35.0 Å². The van der Waals surface area contributed by atoms with Crippen LogP contribution in [0.1, 0.15) is 48.0 Å². The summed E-state index contributed by atoms with van der Waals surface area (Å²) in [5.74, 6) is 0.778. The maximum atomic E-state index is 6.09. The molecule has 2 aliphatic rings. The molecule has 0 unspecified atom stereocenters. The van der Waals surface area contributed by atoms with Crippen molar-refractivity contribution in [1.82, 2.24) is 9.78 Å². The van der Waals surface area contributed by atoms with Gasteiger partial charge >= 0.3 is 7.12 Å². The Labute approximate surface area is 120 Å². The van der Waals surface area contributed by atoms with Gasteiger partial charge in [0.2, 0.25) is 5.88 Å². The molecule has 0 aromatic carbocycles. The Bertz CT molecular complexity index is 521. The van der Waals surface area contributed by atoms with Gasteiger partial charge in [-0.15, -0.1) is 0 Å². The molecule has 3 heterocycles. The van der Waals surface area contributed by atoms with Crippen LogP contribution in [0.15, 0.2) is 6.20 Å². The molecule has 6 heteroatoms. The van der Waals surface area contributed by atoms with E-state index in [1.54, 1.807) is 0 Å². The molecule has 2 aliphatic heterocycles. The Morgan fingerprint density at radius 3 is 2.30 bits per heavy atom. The summed E-state index contributed by atoms with van der Waals surface area (Å²) in [7, 11) is -0.419. The van der Waals surface area contributed by atoms with Crippen molar-refractivity contribution in [2.75, 3.05) is 6.61 Å². The topological polar surface area (TPSA) is 45.5 Å². The average molecular weight is 278 g/mol. The fourth-order valence-electron chi connectivity index (χ4n) is 2.56. The lowest BCUT2D eigenvalue weighted by Gasteiger charge is -2.32. The average Bonchev–Trinajstić information content (AvgIpc) is 2.79. The van der Waals surface area contributed by atoms with Crippen LogP contribution in [0, 0.1) is 0 Å². The maximum Gasteiger partial charge on any atom is 0.502 e. The van der Waals surface area contributed by atoms with E-state index >= 15 is 0 Å². The van der Waals surface area contributed by atoms with E-state index in [9.17, 15) is 0 Å². The summed E-state index contributed by atoms with van der Waals surface area (Å²) >= 11 is 0. The van der Waals surface area contributed by atoms with Gasteiger partial charge in [-0.1, -0.05) is 0 Å². The number of ether oxygens (including phenoxy) is 1. The SMILES string of the molecule is CC1(C)CCOc2c(B3OC(C)(C)C(C)(C)O3)cnn21. The molecule has 3 rings (SSSR count). The van der Waals surface area contributed by atoms with Crippen LogP contribution >= 0.6 is 0 Å². The van der Waals surface area contributed by atoms with Crippen molar-refractivity contribution < 1.29 is 14.0 Å². The van der Waals surface area contributed by atoms with Crippen molar-refractivity contribution in [3.05, 3.63) is 6.20 Å². The molecule has 1 aromatic rings. The fraction of sp³-hybridized carbons (Fsp3) is 0.786. The lowest BCUT2D eigenvalue weighted by molar-refractivity contribution is 0.00578. The molecule has 0 saturated carbocycles. The zero-order valence-corrected chi connectivity index (χ0v) is 13.2. The predicted molar refractivity (Wildman–Crippen MR) is 77.4 cm³/mol. The summed E-state index contributed by atoms with van der Waals surface area (Å²) in [5, 5.41) is 4.48. The summed E-state index contributed by atoms with van der Waals surface area (Å²) in [6.07, 6.45) is 2.76. The molecule has 110 valence electrons. The highest BCUT2D eigenvalue weighted by Gasteiger charge is 2.53. The van der Waals surface area contributed by atoms with E-state index in [4.69, 9.17) is 14.0 Å². The van der Waals surface area contributed by atoms with E-state index in [-0.39, 0.29) is 16.7 Å². The molecule has 0 radical (unpaired) electrons. The van der Waals surface area contributed by atoms with Gasteiger partial charge in [0.1, 0.15) is 0 Å². The Morgan fingerprint density at radius 1 is 1.10 bits per heavy atom. The third kappa shape index (κ3) is 1.89. The third-order valence-electron chi connectivity index (χ3n) is 4.78. The number of fused-ring (bicyclic) bond motifs is 1. The van der Waals surface area contributed by atoms with Crippen molar-refractivity contribution in [3.63, 3.8) is 0 Å². The minimum absolute atomic E-state index is 0.0323. The highest BCUT2D eigenvalue weighted by molar-refractivity contribution is 6.63. The van der Waals surface area contributed by atoms with Crippen LogP contribution in [-0.4, -0.2) is 34.7 Å². The summed E-state index contributed by atoms with van der Waals surface area (Å²) in [6, 6.07) is 0. The molecule has 0 N–H and O–H groups in total. The van der Waals surface area contributed by atoms with Crippen molar-refractivity contribution >= 4 is 12.6 Å². The second-order valence-electron chi connectivity index (χ2n) is 7.32. The monoisotopic (exact) mass is 278 g/mol. The predicted octanol–water partition coefficient (Wildman–Crippen LogP) is 1.70. The van der Waals surface area contributed by atoms with Gasteiger partial charge in [-0.05, 0) is 41.5 Å². The van der Waals surface area contributed by atoms with E-state index in [1.165, 1.54) is 0 Å². The molecular weight excluding hydrogens is 255 g/mol. The standard InChI is InChI=1S/C14H23BN2O3/c1-12(2)7-8-18-11-10(9-16-17(11)12)15-19-13(3,4)14(5,6)20-15/h9H,7-8H2,1-6H3. The number of hydrogen-bond acceptors (Lipinski definition) is 4. The van der Waals surface area contributed by atoms with Gasteiger partial charge in [-0.25, -0.2) is 4.68 Å². The highest BCUT2D eigenvalue weighted by Crippen LogP contribution is 2.38. The first-order valence-electron chi connectivity index (χ1n) is 7.21. The summed E-state index contributed by atoms with van der Waals surface area (Å²) in [6.45, 7) is 13.2. The summed E-state index contributed by atoms with van der Waals surface area (Å²) < 4.78 is 19.9. The smallest absolute Gasteiger partial charge is 0.478 e. The van der Waals surface area contributed by atoms with Crippen molar-refractivity contribution in [1.29, 1.82) is 0 Å². The lowest BCUT2D eigenvalue weighted by atomic mass is 9.81. The number of nitrogens with zero attached hydrogens (tertiary/aromatic N) is 2. The zero-order chi connectivity index (χ0) is 14.8. The largest absolute Gasteiger partial charge is 0.502 e. The number of rotatable bonds is 1. The lowest BCUT2D eigenvalue weighted by Crippen LogP contribution is -2.41. The van der Waals surface area contributed by atoms with E-state index in [0.29, 0.717) is 6.61 Å². The molecule has 0 spiro atoms. The van der Waals surface area contributed by atoms with Gasteiger partial charge in [0, 0.05) is 6.42 Å². The Kier molecular flexibility index (Phi) is 2.80. The highest BCUT2D eigenvalue weighted by atomic mass is 16.7. The molecular formula is C14H23BN2O3. The van der Waals surface area contributed by atoms with Crippen LogP contribution in [0.25, 0.3) is 0 Å². The van der Waals surface area contributed by atoms with Crippen LogP contribution in [0.4, 0.5) is 0 Å². The van der Waals surface area contributed by atoms with Crippen LogP contribution in [0.5, 0.6) is 5.88 Å². The second-order valence-corrected chi connectivity index (χ2v) is 7.32. The van der Waals surface area contributed by atoms with Gasteiger partial charge in [-0.3, -0.25) is 0 Å². The van der Waals surface area contributed by atoms with E-state index in [2.05, 4.69) is 18.9 Å². The second kappa shape index (κ2) is 4.01. The van der Waals surface area contributed by atoms with Gasteiger partial charge < -0.3 is 14.0 Å². The van der Waals surface area contributed by atoms with Gasteiger partial charge in [0.25, 0.3) is 0 Å². The van der Waals surface area contributed by atoms with Crippen LogP contribution in [0.2, 0.25) is 0 Å². The Hall–Kier alpha value is -1.01. The maximum absolute atomic E-state index is 6.09. The molecule has 0 amide bonds. The normalized spacial score (nSPS) is 26.2. The molecule has 5 nitrogen and oxygen atoms in total. The first kappa shape index (κ1) is 14.0. The third-order valence-corrected chi connectivity index (χ3v) is 4.78. The van der Waals surface area contributed by atoms with Crippen LogP contribution in [0.3, 0.4) is 0 Å². The van der Waals surface area contributed by atoms with Gasteiger partial charge in [-0.2, -0.15) is 5.10 Å². The van der Waals surface area contributed by atoms with Crippen molar-refractivity contribution in [2.24, 2.45) is 0 Å². The number of aromatic nitrogens is 2. The molecule has 0 aliphatic carbocycles.